The molecule has 0 fully saturated rings. The molecule has 1 atom stereocenters. The lowest BCUT2D eigenvalue weighted by molar-refractivity contribution is 0.0674. The quantitative estimate of drug-likeness (QED) is 0.311. The van der Waals surface area contributed by atoms with E-state index in [0.29, 0.717) is 22.6 Å². The molecule has 6 heteroatoms. The summed E-state index contributed by atoms with van der Waals surface area (Å²) in [5.74, 6) is -0.349. The van der Waals surface area contributed by atoms with E-state index in [1.54, 1.807) is 59.5 Å². The van der Waals surface area contributed by atoms with Crippen LogP contribution in [0.2, 0.25) is 0 Å². The van der Waals surface area contributed by atoms with Gasteiger partial charge in [0.15, 0.2) is 0 Å². The van der Waals surface area contributed by atoms with E-state index in [4.69, 9.17) is 4.74 Å². The molecule has 4 aromatic rings. The van der Waals surface area contributed by atoms with E-state index >= 15 is 0 Å². The van der Waals surface area contributed by atoms with Crippen molar-refractivity contribution in [1.82, 2.24) is 4.90 Å². The highest BCUT2D eigenvalue weighted by molar-refractivity contribution is 5.94. The number of carboxylic acid groups (broad SMARTS) is 1. The average Bonchev–Trinajstić information content (AvgIpc) is 2.88. The number of amides is 1. The third-order valence-corrected chi connectivity index (χ3v) is 5.69. The van der Waals surface area contributed by atoms with Crippen LogP contribution in [0.1, 0.15) is 44.8 Å². The van der Waals surface area contributed by atoms with Gasteiger partial charge in [-0.1, -0.05) is 42.5 Å². The first-order chi connectivity index (χ1) is 16.9. The lowest BCUT2D eigenvalue weighted by atomic mass is 10.0. The van der Waals surface area contributed by atoms with Crippen LogP contribution in [0.25, 0.3) is 0 Å². The highest BCUT2D eigenvalue weighted by atomic mass is 19.1. The van der Waals surface area contributed by atoms with Gasteiger partial charge in [-0.25, -0.2) is 9.18 Å². The van der Waals surface area contributed by atoms with Gasteiger partial charge in [0, 0.05) is 12.1 Å². The number of carbonyl (C=O) groups excluding carboxylic acids is 1. The summed E-state index contributed by atoms with van der Waals surface area (Å²) in [4.78, 5) is 26.7. The van der Waals surface area contributed by atoms with Gasteiger partial charge in [0.05, 0.1) is 11.6 Å². The predicted molar refractivity (Wildman–Crippen MR) is 131 cm³/mol. The van der Waals surface area contributed by atoms with Crippen molar-refractivity contribution < 1.29 is 23.8 Å². The molecule has 176 valence electrons. The van der Waals surface area contributed by atoms with Crippen LogP contribution in [0, 0.1) is 5.82 Å². The SMILES string of the molecule is C[C@H](c1ccc(F)cc1)N(Cc1cccc(C(=O)O)c1)C(=O)c1ccc(Oc2ccccc2)cc1. The first kappa shape index (κ1) is 23.7. The molecule has 35 heavy (non-hydrogen) atoms. The number of ether oxygens (including phenoxy) is 1. The molecule has 0 saturated heterocycles. The zero-order valence-electron chi connectivity index (χ0n) is 19.1. The average molecular weight is 470 g/mol. The molecule has 0 bridgehead atoms. The summed E-state index contributed by atoms with van der Waals surface area (Å²) in [6.45, 7) is 2.04. The Hall–Kier alpha value is -4.45. The van der Waals surface area contributed by atoms with E-state index in [9.17, 15) is 19.1 Å². The summed E-state index contributed by atoms with van der Waals surface area (Å²) in [6.07, 6.45) is 0. The molecule has 1 N–H and O–H groups in total. The van der Waals surface area contributed by atoms with Crippen molar-refractivity contribution >= 4 is 11.9 Å². The topological polar surface area (TPSA) is 66.8 Å². The predicted octanol–water partition coefficient (Wildman–Crippen LogP) is 6.72. The minimum Gasteiger partial charge on any atom is -0.478 e. The van der Waals surface area contributed by atoms with E-state index in [1.807, 2.05) is 37.3 Å². The Kier molecular flexibility index (Phi) is 7.21. The summed E-state index contributed by atoms with van der Waals surface area (Å²) in [7, 11) is 0. The number of rotatable bonds is 8. The van der Waals surface area contributed by atoms with Gasteiger partial charge in [0.1, 0.15) is 17.3 Å². The van der Waals surface area contributed by atoms with Crippen molar-refractivity contribution in [2.75, 3.05) is 0 Å². The minimum absolute atomic E-state index is 0.145. The molecule has 5 nitrogen and oxygen atoms in total. The number of nitrogens with zero attached hydrogens (tertiary/aromatic N) is 1. The molecule has 4 aromatic carbocycles. The van der Waals surface area contributed by atoms with Crippen LogP contribution in [0.3, 0.4) is 0 Å². The number of para-hydroxylation sites is 1. The molecule has 4 rings (SSSR count). The standard InChI is InChI=1S/C29H24FNO4/c1-20(22-10-14-25(30)15-11-22)31(19-21-6-5-7-24(18-21)29(33)34)28(32)23-12-16-27(17-13-23)35-26-8-3-2-4-9-26/h2-18,20H,19H2,1H3,(H,33,34)/t20-/m1/s1. The Labute approximate surface area is 203 Å². The zero-order valence-corrected chi connectivity index (χ0v) is 19.1. The summed E-state index contributed by atoms with van der Waals surface area (Å²) in [6, 6.07) is 28.3. The Morgan fingerprint density at radius 1 is 0.829 bits per heavy atom. The molecular formula is C29H24FNO4. The summed E-state index contributed by atoms with van der Waals surface area (Å²) >= 11 is 0. The third-order valence-electron chi connectivity index (χ3n) is 5.69. The van der Waals surface area contributed by atoms with Gasteiger partial charge in [-0.15, -0.1) is 0 Å². The number of carbonyl (C=O) groups is 2. The molecular weight excluding hydrogens is 445 g/mol. The van der Waals surface area contributed by atoms with Crippen LogP contribution in [-0.4, -0.2) is 21.9 Å². The maximum Gasteiger partial charge on any atom is 0.335 e. The largest absolute Gasteiger partial charge is 0.478 e. The molecule has 1 amide bonds. The van der Waals surface area contributed by atoms with Crippen LogP contribution in [0.4, 0.5) is 4.39 Å². The molecule has 0 spiro atoms. The second-order valence-electron chi connectivity index (χ2n) is 8.11. The van der Waals surface area contributed by atoms with E-state index in [0.717, 1.165) is 5.56 Å². The normalized spacial score (nSPS) is 11.5. The molecule has 0 aliphatic heterocycles. The van der Waals surface area contributed by atoms with E-state index in [1.165, 1.54) is 18.2 Å². The van der Waals surface area contributed by atoms with Gasteiger partial charge in [-0.3, -0.25) is 4.79 Å². The summed E-state index contributed by atoms with van der Waals surface area (Å²) in [5, 5.41) is 9.35. The number of aromatic carboxylic acids is 1. The Bertz CT molecular complexity index is 1300. The van der Waals surface area contributed by atoms with Crippen molar-refractivity contribution in [2.45, 2.75) is 19.5 Å². The third kappa shape index (κ3) is 5.92. The van der Waals surface area contributed by atoms with E-state index < -0.39 is 12.0 Å². The maximum absolute atomic E-state index is 13.6. The summed E-state index contributed by atoms with van der Waals surface area (Å²) < 4.78 is 19.3. The van der Waals surface area contributed by atoms with Crippen LogP contribution in [0.15, 0.2) is 103 Å². The van der Waals surface area contributed by atoms with Gasteiger partial charge >= 0.3 is 5.97 Å². The number of halogens is 1. The van der Waals surface area contributed by atoms with Gasteiger partial charge in [-0.05, 0) is 78.7 Å². The van der Waals surface area contributed by atoms with Gasteiger partial charge < -0.3 is 14.7 Å². The molecule has 0 heterocycles. The lowest BCUT2D eigenvalue weighted by Gasteiger charge is -2.30. The molecule has 0 aliphatic rings. The highest BCUT2D eigenvalue weighted by Crippen LogP contribution is 2.27. The van der Waals surface area contributed by atoms with Crippen LogP contribution in [-0.2, 0) is 6.54 Å². The number of hydrogen-bond donors (Lipinski definition) is 1. The van der Waals surface area contributed by atoms with Crippen molar-refractivity contribution in [1.29, 1.82) is 0 Å². The van der Waals surface area contributed by atoms with Crippen molar-refractivity contribution in [3.8, 4) is 11.5 Å². The Morgan fingerprint density at radius 2 is 1.49 bits per heavy atom. The molecule has 0 saturated carbocycles. The van der Waals surface area contributed by atoms with Crippen molar-refractivity contribution in [3.63, 3.8) is 0 Å². The second kappa shape index (κ2) is 10.7. The highest BCUT2D eigenvalue weighted by Gasteiger charge is 2.24. The van der Waals surface area contributed by atoms with Crippen LogP contribution < -0.4 is 4.74 Å². The maximum atomic E-state index is 13.6. The van der Waals surface area contributed by atoms with Crippen LogP contribution >= 0.6 is 0 Å². The first-order valence-electron chi connectivity index (χ1n) is 11.1. The molecule has 0 aromatic heterocycles. The van der Waals surface area contributed by atoms with Crippen molar-refractivity contribution in [2.24, 2.45) is 0 Å². The number of benzene rings is 4. The van der Waals surface area contributed by atoms with Gasteiger partial charge in [-0.2, -0.15) is 0 Å². The molecule has 0 aliphatic carbocycles. The molecule has 0 unspecified atom stereocenters. The van der Waals surface area contributed by atoms with Crippen LogP contribution in [0.5, 0.6) is 11.5 Å². The fourth-order valence-electron chi connectivity index (χ4n) is 3.76. The van der Waals surface area contributed by atoms with E-state index in [-0.39, 0.29) is 23.8 Å². The number of carboxylic acids is 1. The fraction of sp³-hybridized carbons (Fsp3) is 0.103. The van der Waals surface area contributed by atoms with Crippen molar-refractivity contribution in [3.05, 3.63) is 131 Å². The fourth-order valence-corrected chi connectivity index (χ4v) is 3.76. The first-order valence-corrected chi connectivity index (χ1v) is 11.1. The Balaban J connectivity index is 1.61. The zero-order chi connectivity index (χ0) is 24.8. The molecule has 0 radical (unpaired) electrons. The van der Waals surface area contributed by atoms with E-state index in [2.05, 4.69) is 0 Å². The second-order valence-corrected chi connectivity index (χ2v) is 8.11. The summed E-state index contributed by atoms with van der Waals surface area (Å²) in [5.41, 5.74) is 2.04. The van der Waals surface area contributed by atoms with Gasteiger partial charge in [0.25, 0.3) is 5.91 Å². The minimum atomic E-state index is -1.04. The monoisotopic (exact) mass is 469 g/mol. The lowest BCUT2D eigenvalue weighted by Crippen LogP contribution is -2.33. The Morgan fingerprint density at radius 3 is 2.14 bits per heavy atom. The van der Waals surface area contributed by atoms with Gasteiger partial charge in [0.2, 0.25) is 0 Å². The smallest absolute Gasteiger partial charge is 0.335 e. The number of hydrogen-bond acceptors (Lipinski definition) is 3.